The molecule has 0 aliphatic carbocycles. The van der Waals surface area contributed by atoms with Crippen molar-refractivity contribution in [1.29, 1.82) is 0 Å². The van der Waals surface area contributed by atoms with Crippen LogP contribution in [0, 0.1) is 0 Å². The normalized spacial score (nSPS) is 11.1. The Morgan fingerprint density at radius 3 is 2.86 bits per heavy atom. The summed E-state index contributed by atoms with van der Waals surface area (Å²) in [5.41, 5.74) is 2.07. The van der Waals surface area contributed by atoms with Gasteiger partial charge in [-0.05, 0) is 51.8 Å². The molecule has 0 fully saturated rings. The zero-order valence-electron chi connectivity index (χ0n) is 11.5. The second kappa shape index (κ2) is 7.50. The van der Waals surface area contributed by atoms with Crippen LogP contribution >= 0.6 is 15.9 Å². The molecule has 1 aromatic heterocycles. The van der Waals surface area contributed by atoms with Crippen LogP contribution in [0.2, 0.25) is 0 Å². The largest absolute Gasteiger partial charge is 0.321 e. The lowest BCUT2D eigenvalue weighted by Crippen LogP contribution is -2.13. The van der Waals surface area contributed by atoms with Crippen LogP contribution in [-0.4, -0.2) is 24.2 Å². The molecule has 0 aliphatic heterocycles. The van der Waals surface area contributed by atoms with Crippen LogP contribution in [0.5, 0.6) is 0 Å². The Kier molecular flexibility index (Phi) is 5.40. The Hall–Kier alpha value is -2.27. The second-order valence-electron chi connectivity index (χ2n) is 4.19. The monoisotopic (exact) mass is 343 g/mol. The fourth-order valence-electron chi connectivity index (χ4n) is 1.69. The van der Waals surface area contributed by atoms with Gasteiger partial charge in [0, 0.05) is 18.9 Å². The Labute approximate surface area is 131 Å². The van der Waals surface area contributed by atoms with E-state index in [9.17, 15) is 4.79 Å². The number of nitrogens with zero attached hydrogens (tertiary/aromatic N) is 2. The molecule has 106 valence electrons. The van der Waals surface area contributed by atoms with Crippen LogP contribution in [0.3, 0.4) is 0 Å². The molecule has 0 unspecified atom stereocenters. The molecule has 0 bridgehead atoms. The van der Waals surface area contributed by atoms with Crippen LogP contribution < -0.4 is 5.32 Å². The van der Waals surface area contributed by atoms with E-state index < -0.39 is 0 Å². The van der Waals surface area contributed by atoms with Crippen molar-refractivity contribution in [3.8, 4) is 0 Å². The summed E-state index contributed by atoms with van der Waals surface area (Å²) >= 11 is 3.25. The lowest BCUT2D eigenvalue weighted by molar-refractivity contribution is 0.102. The maximum Gasteiger partial charge on any atom is 0.274 e. The van der Waals surface area contributed by atoms with Crippen molar-refractivity contribution in [2.24, 2.45) is 4.99 Å². The zero-order valence-corrected chi connectivity index (χ0v) is 13.0. The van der Waals surface area contributed by atoms with E-state index in [1.807, 2.05) is 36.4 Å². The summed E-state index contributed by atoms with van der Waals surface area (Å²) < 4.78 is 0.630. The predicted octanol–water partition coefficient (Wildman–Crippen LogP) is 3.81. The number of halogens is 1. The van der Waals surface area contributed by atoms with Gasteiger partial charge >= 0.3 is 0 Å². The number of aliphatic imine (C=N–C) groups is 1. The molecule has 2 aromatic rings. The van der Waals surface area contributed by atoms with E-state index in [-0.39, 0.29) is 5.91 Å². The van der Waals surface area contributed by atoms with Crippen molar-refractivity contribution in [2.75, 3.05) is 12.4 Å². The number of anilines is 1. The zero-order chi connectivity index (χ0) is 15.1. The standard InChI is InChI=1S/C16H14BrN3O/c1-18-10-4-6-12-5-2-7-13(11-12)19-16(21)14-8-3-9-15(17)20-14/h2-11H,1H3,(H,19,21)/b6-4+,18-10?. The molecular formula is C16H14BrN3O. The van der Waals surface area contributed by atoms with Gasteiger partial charge in [0.25, 0.3) is 5.91 Å². The van der Waals surface area contributed by atoms with Crippen LogP contribution in [0.15, 0.2) is 58.1 Å². The molecule has 0 saturated heterocycles. The number of hydrogen-bond donors (Lipinski definition) is 1. The van der Waals surface area contributed by atoms with Gasteiger partial charge in [0.15, 0.2) is 0 Å². The SMILES string of the molecule is CN=C/C=C/c1cccc(NC(=O)c2cccc(Br)n2)c1. The minimum absolute atomic E-state index is 0.243. The minimum atomic E-state index is -0.243. The molecule has 1 heterocycles. The number of aromatic nitrogens is 1. The molecule has 1 aromatic carbocycles. The maximum atomic E-state index is 12.1. The molecule has 1 N–H and O–H groups in total. The fraction of sp³-hybridized carbons (Fsp3) is 0.0625. The maximum absolute atomic E-state index is 12.1. The smallest absolute Gasteiger partial charge is 0.274 e. The highest BCUT2D eigenvalue weighted by Gasteiger charge is 2.07. The summed E-state index contributed by atoms with van der Waals surface area (Å²) in [6.07, 6.45) is 5.47. The quantitative estimate of drug-likeness (QED) is 0.677. The van der Waals surface area contributed by atoms with Gasteiger partial charge < -0.3 is 5.32 Å². The molecule has 0 spiro atoms. The summed E-state index contributed by atoms with van der Waals surface area (Å²) in [6, 6.07) is 12.8. The van der Waals surface area contributed by atoms with Crippen molar-refractivity contribution in [3.05, 3.63) is 64.4 Å². The van der Waals surface area contributed by atoms with E-state index in [0.29, 0.717) is 10.3 Å². The molecule has 2 rings (SSSR count). The van der Waals surface area contributed by atoms with Crippen LogP contribution in [0.25, 0.3) is 6.08 Å². The van der Waals surface area contributed by atoms with Gasteiger partial charge in [-0.2, -0.15) is 0 Å². The van der Waals surface area contributed by atoms with E-state index >= 15 is 0 Å². The van der Waals surface area contributed by atoms with Gasteiger partial charge in [0.2, 0.25) is 0 Å². The minimum Gasteiger partial charge on any atom is -0.321 e. The van der Waals surface area contributed by atoms with Crippen molar-refractivity contribution < 1.29 is 4.79 Å². The average Bonchev–Trinajstić information content (AvgIpc) is 2.48. The number of nitrogens with one attached hydrogen (secondary N) is 1. The highest BCUT2D eigenvalue weighted by atomic mass is 79.9. The van der Waals surface area contributed by atoms with Crippen LogP contribution in [0.1, 0.15) is 16.1 Å². The van der Waals surface area contributed by atoms with Gasteiger partial charge in [-0.15, -0.1) is 0 Å². The summed E-state index contributed by atoms with van der Waals surface area (Å²) in [7, 11) is 1.71. The number of amides is 1. The molecule has 21 heavy (non-hydrogen) atoms. The second-order valence-corrected chi connectivity index (χ2v) is 5.00. The van der Waals surface area contributed by atoms with Crippen LogP contribution in [-0.2, 0) is 0 Å². The summed E-state index contributed by atoms with van der Waals surface area (Å²) in [4.78, 5) is 20.1. The molecule has 0 saturated carbocycles. The molecule has 5 heteroatoms. The number of allylic oxidation sites excluding steroid dienone is 1. The third-order valence-electron chi connectivity index (χ3n) is 2.62. The highest BCUT2D eigenvalue weighted by molar-refractivity contribution is 9.10. The van der Waals surface area contributed by atoms with E-state index in [0.717, 1.165) is 11.3 Å². The number of pyridine rings is 1. The Morgan fingerprint density at radius 1 is 1.29 bits per heavy atom. The van der Waals surface area contributed by atoms with Gasteiger partial charge in [0.1, 0.15) is 10.3 Å². The van der Waals surface area contributed by atoms with Gasteiger partial charge in [0.05, 0.1) is 0 Å². The Morgan fingerprint density at radius 2 is 2.10 bits per heavy atom. The Bertz CT molecular complexity index is 695. The first kappa shape index (κ1) is 15.1. The van der Waals surface area contributed by atoms with E-state index in [1.165, 1.54) is 0 Å². The first-order chi connectivity index (χ1) is 10.2. The fourth-order valence-corrected chi connectivity index (χ4v) is 2.03. The van der Waals surface area contributed by atoms with Crippen molar-refractivity contribution in [1.82, 2.24) is 4.98 Å². The summed E-state index contributed by atoms with van der Waals surface area (Å²) in [6.45, 7) is 0. The number of rotatable bonds is 4. The summed E-state index contributed by atoms with van der Waals surface area (Å²) in [5.74, 6) is -0.243. The molecule has 0 radical (unpaired) electrons. The van der Waals surface area contributed by atoms with E-state index in [2.05, 4.69) is 31.2 Å². The number of carbonyl (C=O) groups excluding carboxylic acids is 1. The molecule has 1 amide bonds. The third-order valence-corrected chi connectivity index (χ3v) is 3.06. The number of hydrogen-bond acceptors (Lipinski definition) is 3. The predicted molar refractivity (Wildman–Crippen MR) is 89.8 cm³/mol. The first-order valence-corrected chi connectivity index (χ1v) is 7.11. The number of carbonyl (C=O) groups is 1. The summed E-state index contributed by atoms with van der Waals surface area (Å²) in [5, 5.41) is 2.83. The van der Waals surface area contributed by atoms with Crippen molar-refractivity contribution in [2.45, 2.75) is 0 Å². The van der Waals surface area contributed by atoms with Crippen molar-refractivity contribution >= 4 is 39.8 Å². The molecule has 0 atom stereocenters. The topological polar surface area (TPSA) is 54.4 Å². The molecular weight excluding hydrogens is 330 g/mol. The molecule has 0 aliphatic rings. The van der Waals surface area contributed by atoms with Crippen LogP contribution in [0.4, 0.5) is 5.69 Å². The third kappa shape index (κ3) is 4.65. The lowest BCUT2D eigenvalue weighted by atomic mass is 10.2. The van der Waals surface area contributed by atoms with E-state index in [1.54, 1.807) is 31.5 Å². The van der Waals surface area contributed by atoms with Crippen molar-refractivity contribution in [3.63, 3.8) is 0 Å². The molecule has 4 nitrogen and oxygen atoms in total. The van der Waals surface area contributed by atoms with Gasteiger partial charge in [-0.3, -0.25) is 9.79 Å². The average molecular weight is 344 g/mol. The highest BCUT2D eigenvalue weighted by Crippen LogP contribution is 2.14. The van der Waals surface area contributed by atoms with E-state index in [4.69, 9.17) is 0 Å². The Balaban J connectivity index is 2.12. The van der Waals surface area contributed by atoms with Gasteiger partial charge in [-0.25, -0.2) is 4.98 Å². The van der Waals surface area contributed by atoms with Gasteiger partial charge in [-0.1, -0.05) is 24.3 Å². The first-order valence-electron chi connectivity index (χ1n) is 6.32. The number of benzene rings is 1. The lowest BCUT2D eigenvalue weighted by Gasteiger charge is -2.05.